The molecule has 0 aromatic carbocycles. The van der Waals surface area contributed by atoms with Crippen LogP contribution in [0, 0.1) is 11.3 Å². The van der Waals surface area contributed by atoms with Gasteiger partial charge >= 0.3 is 5.97 Å². The van der Waals surface area contributed by atoms with Gasteiger partial charge in [-0.2, -0.15) is 0 Å². The van der Waals surface area contributed by atoms with Gasteiger partial charge in [-0.3, -0.25) is 9.59 Å². The number of ketones is 1. The van der Waals surface area contributed by atoms with Gasteiger partial charge in [-0.1, -0.05) is 92.9 Å². The van der Waals surface area contributed by atoms with Crippen LogP contribution >= 0.6 is 0 Å². The number of nitrogens with zero attached hydrogens (tertiary/aromatic N) is 1. The van der Waals surface area contributed by atoms with E-state index in [1.165, 1.54) is 69.6 Å². The Balaban J connectivity index is -0.000000156. The van der Waals surface area contributed by atoms with Gasteiger partial charge in [-0.25, -0.2) is 0 Å². The smallest absolute Gasteiger partial charge is 0.312 e. The van der Waals surface area contributed by atoms with Crippen molar-refractivity contribution in [3.8, 4) is 0 Å². The molecule has 0 radical (unpaired) electrons. The van der Waals surface area contributed by atoms with Gasteiger partial charge < -0.3 is 25.8 Å². The molecule has 4 N–H and O–H groups in total. The molecule has 0 aromatic heterocycles. The Morgan fingerprint density at radius 1 is 0.868 bits per heavy atom. The molecule has 0 saturated carbocycles. The van der Waals surface area contributed by atoms with Crippen molar-refractivity contribution in [1.29, 1.82) is 0 Å². The summed E-state index contributed by atoms with van der Waals surface area (Å²) in [6.45, 7) is 21.8. The molecule has 0 aliphatic heterocycles. The SMILES string of the molecule is CC.CC.CC(=O)/C(=C(\C)N)N(C)COC(=O)C(C)(C)C.CCCCCCCCCCC(C)CN.COC. The second-order valence-corrected chi connectivity index (χ2v) is 10.1. The van der Waals surface area contributed by atoms with Crippen LogP contribution < -0.4 is 11.5 Å². The molecule has 1 unspecified atom stereocenters. The van der Waals surface area contributed by atoms with Crippen molar-refractivity contribution >= 4 is 11.8 Å². The number of methoxy groups -OCH3 is 1. The third-order valence-corrected chi connectivity index (χ3v) is 5.04. The number of rotatable bonds is 14. The van der Waals surface area contributed by atoms with Crippen molar-refractivity contribution in [3.63, 3.8) is 0 Å². The second kappa shape index (κ2) is 33.4. The summed E-state index contributed by atoms with van der Waals surface area (Å²) >= 11 is 0. The van der Waals surface area contributed by atoms with Crippen LogP contribution in [0.25, 0.3) is 0 Å². The van der Waals surface area contributed by atoms with Crippen molar-refractivity contribution in [3.05, 3.63) is 11.4 Å². The fraction of sp³-hybridized carbons (Fsp3) is 0.871. The Bertz CT molecular complexity index is 540. The van der Waals surface area contributed by atoms with Gasteiger partial charge in [0.1, 0.15) is 5.70 Å². The van der Waals surface area contributed by atoms with E-state index in [1.54, 1.807) is 49.0 Å². The zero-order valence-electron chi connectivity index (χ0n) is 28.1. The van der Waals surface area contributed by atoms with Gasteiger partial charge in [0.25, 0.3) is 0 Å². The number of ether oxygens (including phenoxy) is 2. The highest BCUT2D eigenvalue weighted by Gasteiger charge is 2.24. The van der Waals surface area contributed by atoms with E-state index < -0.39 is 5.41 Å². The summed E-state index contributed by atoms with van der Waals surface area (Å²) in [7, 11) is 4.91. The van der Waals surface area contributed by atoms with Crippen LogP contribution in [0.3, 0.4) is 0 Å². The van der Waals surface area contributed by atoms with Crippen molar-refractivity contribution in [1.82, 2.24) is 4.90 Å². The summed E-state index contributed by atoms with van der Waals surface area (Å²) in [4.78, 5) is 24.4. The Morgan fingerprint density at radius 2 is 1.26 bits per heavy atom. The zero-order valence-corrected chi connectivity index (χ0v) is 28.1. The molecule has 0 aliphatic carbocycles. The maximum absolute atomic E-state index is 11.6. The lowest BCUT2D eigenvalue weighted by molar-refractivity contribution is -0.156. The molecule has 38 heavy (non-hydrogen) atoms. The minimum Gasteiger partial charge on any atom is -0.444 e. The second-order valence-electron chi connectivity index (χ2n) is 10.1. The lowest BCUT2D eigenvalue weighted by atomic mass is 9.98. The fourth-order valence-corrected chi connectivity index (χ4v) is 3.03. The molecule has 7 nitrogen and oxygen atoms in total. The van der Waals surface area contributed by atoms with Gasteiger partial charge in [-0.15, -0.1) is 0 Å². The summed E-state index contributed by atoms with van der Waals surface area (Å²) in [6.07, 6.45) is 12.7. The standard InChI is InChI=1S/C13H29N.C12H22N2O3.C2H6O.2C2H6/c1-3-4-5-6-7-8-9-10-11-13(2)12-14;1-8(13)10(9(2)15)14(6)7-17-11(16)12(3,4)5;1-3-2;2*1-2/h13H,3-12,14H2,1-2H3;7,13H2,1-6H3;1-2H3;2*1-2H3/b;10-8-;;;. The number of unbranched alkanes of at least 4 members (excludes halogenated alkanes) is 7. The molecular weight excluding hydrogens is 478 g/mol. The predicted octanol–water partition coefficient (Wildman–Crippen LogP) is 7.67. The topological polar surface area (TPSA) is 108 Å². The molecule has 0 aromatic rings. The fourth-order valence-electron chi connectivity index (χ4n) is 3.03. The van der Waals surface area contributed by atoms with Crippen LogP contribution in [0.4, 0.5) is 0 Å². The Hall–Kier alpha value is -1.60. The molecule has 0 bridgehead atoms. The number of hydrogen-bond donors (Lipinski definition) is 2. The molecule has 0 spiro atoms. The quantitative estimate of drug-likeness (QED) is 0.0993. The number of carbonyl (C=O) groups is 2. The zero-order chi connectivity index (χ0) is 31.2. The molecule has 0 rings (SSSR count). The van der Waals surface area contributed by atoms with Crippen LogP contribution in [0.1, 0.15) is 134 Å². The molecule has 0 fully saturated rings. The van der Waals surface area contributed by atoms with Crippen molar-refractivity contribution in [2.75, 3.05) is 34.5 Å². The van der Waals surface area contributed by atoms with Crippen molar-refractivity contribution < 1.29 is 19.1 Å². The molecule has 7 heteroatoms. The minimum absolute atomic E-state index is 0.0134. The number of likely N-dealkylation sites (N-methyl/N-ethyl adjacent to an activating group) is 1. The van der Waals surface area contributed by atoms with E-state index in [1.807, 2.05) is 27.7 Å². The van der Waals surface area contributed by atoms with E-state index in [0.29, 0.717) is 11.4 Å². The van der Waals surface area contributed by atoms with Crippen LogP contribution in [0.15, 0.2) is 11.4 Å². The average molecular weight is 548 g/mol. The average Bonchev–Trinajstić information content (AvgIpc) is 2.86. The lowest BCUT2D eigenvalue weighted by Gasteiger charge is -2.24. The molecule has 1 atom stereocenters. The van der Waals surface area contributed by atoms with Crippen LogP contribution in [0.2, 0.25) is 0 Å². The summed E-state index contributed by atoms with van der Waals surface area (Å²) in [5.41, 5.74) is 11.4. The molecular formula is C31H69N3O4. The first-order valence-electron chi connectivity index (χ1n) is 14.8. The summed E-state index contributed by atoms with van der Waals surface area (Å²) in [5, 5.41) is 0. The van der Waals surface area contributed by atoms with Crippen LogP contribution in [-0.2, 0) is 19.1 Å². The third-order valence-electron chi connectivity index (χ3n) is 5.04. The van der Waals surface area contributed by atoms with E-state index in [-0.39, 0.29) is 18.5 Å². The summed E-state index contributed by atoms with van der Waals surface area (Å²) < 4.78 is 9.34. The number of nitrogens with two attached hydrogens (primary N) is 2. The van der Waals surface area contributed by atoms with Crippen molar-refractivity contribution in [2.24, 2.45) is 22.8 Å². The lowest BCUT2D eigenvalue weighted by Crippen LogP contribution is -2.32. The first kappa shape index (κ1) is 46.3. The monoisotopic (exact) mass is 548 g/mol. The highest BCUT2D eigenvalue weighted by atomic mass is 16.5. The number of allylic oxidation sites excluding steroid dienone is 2. The van der Waals surface area contributed by atoms with E-state index in [2.05, 4.69) is 18.6 Å². The van der Waals surface area contributed by atoms with Crippen molar-refractivity contribution in [2.45, 2.75) is 134 Å². The maximum Gasteiger partial charge on any atom is 0.312 e. The first-order chi connectivity index (χ1) is 17.8. The molecule has 232 valence electrons. The summed E-state index contributed by atoms with van der Waals surface area (Å²) in [5.74, 6) is 0.260. The number of carbonyl (C=O) groups excluding carboxylic acids is 2. The van der Waals surface area contributed by atoms with Gasteiger partial charge in [0.15, 0.2) is 12.5 Å². The number of esters is 1. The predicted molar refractivity (Wildman–Crippen MR) is 167 cm³/mol. The Labute approximate surface area is 238 Å². The van der Waals surface area contributed by atoms with Gasteiger partial charge in [-0.05, 0) is 46.6 Å². The summed E-state index contributed by atoms with van der Waals surface area (Å²) in [6, 6.07) is 0. The minimum atomic E-state index is -0.557. The van der Waals surface area contributed by atoms with E-state index in [9.17, 15) is 9.59 Å². The molecule has 0 amide bonds. The maximum atomic E-state index is 11.6. The number of hydrogen-bond acceptors (Lipinski definition) is 7. The molecule has 0 aliphatic rings. The highest BCUT2D eigenvalue weighted by molar-refractivity contribution is 5.93. The van der Waals surface area contributed by atoms with E-state index in [4.69, 9.17) is 16.2 Å². The first-order valence-corrected chi connectivity index (χ1v) is 14.8. The Kier molecular flexibility index (Phi) is 40.7. The molecule has 0 heterocycles. The largest absolute Gasteiger partial charge is 0.444 e. The van der Waals surface area contributed by atoms with Gasteiger partial charge in [0.05, 0.1) is 5.41 Å². The molecule has 0 saturated heterocycles. The third kappa shape index (κ3) is 34.4. The van der Waals surface area contributed by atoms with E-state index >= 15 is 0 Å². The van der Waals surface area contributed by atoms with Crippen LogP contribution in [-0.4, -0.2) is 51.2 Å². The van der Waals surface area contributed by atoms with E-state index in [0.717, 1.165) is 12.5 Å². The normalized spacial score (nSPS) is 11.3. The highest BCUT2D eigenvalue weighted by Crippen LogP contribution is 2.16. The number of Topliss-reactive ketones (excluding diaryl/α,β-unsaturated/α-hetero) is 1. The van der Waals surface area contributed by atoms with Crippen LogP contribution in [0.5, 0.6) is 0 Å². The van der Waals surface area contributed by atoms with Gasteiger partial charge in [0, 0.05) is 33.9 Å². The Morgan fingerprint density at radius 3 is 1.58 bits per heavy atom. The van der Waals surface area contributed by atoms with Gasteiger partial charge in [0.2, 0.25) is 0 Å².